The summed E-state index contributed by atoms with van der Waals surface area (Å²) in [6.45, 7) is 0.432. The fourth-order valence-corrected chi connectivity index (χ4v) is 2.52. The summed E-state index contributed by atoms with van der Waals surface area (Å²) in [6.07, 6.45) is 5.20. The van der Waals surface area contributed by atoms with Crippen molar-refractivity contribution in [1.82, 2.24) is 15.0 Å². The van der Waals surface area contributed by atoms with E-state index < -0.39 is 0 Å². The lowest BCUT2D eigenvalue weighted by Gasteiger charge is -2.22. The molecule has 0 fully saturated rings. The van der Waals surface area contributed by atoms with Crippen molar-refractivity contribution in [2.75, 3.05) is 0 Å². The Bertz CT molecular complexity index is 579. The molecule has 1 aliphatic carbocycles. The van der Waals surface area contributed by atoms with Gasteiger partial charge in [0.1, 0.15) is 18.1 Å². The van der Waals surface area contributed by atoms with Crippen LogP contribution in [-0.4, -0.2) is 15.0 Å². The van der Waals surface area contributed by atoms with Gasteiger partial charge in [-0.15, -0.1) is 5.10 Å². The van der Waals surface area contributed by atoms with E-state index in [-0.39, 0.29) is 6.04 Å². The average molecular weight is 258 g/mol. The molecule has 0 saturated heterocycles. The van der Waals surface area contributed by atoms with E-state index in [0.717, 1.165) is 24.3 Å². The highest BCUT2D eigenvalue weighted by Crippen LogP contribution is 2.30. The first kappa shape index (κ1) is 12.2. The fourth-order valence-electron chi connectivity index (χ4n) is 2.52. The third-order valence-corrected chi connectivity index (χ3v) is 3.51. The molecule has 1 heterocycles. The quantitative estimate of drug-likeness (QED) is 0.910. The number of hydrogen-bond donors (Lipinski definition) is 1. The van der Waals surface area contributed by atoms with Crippen LogP contribution in [0.1, 0.15) is 35.7 Å². The largest absolute Gasteiger partial charge is 0.487 e. The Hall–Kier alpha value is -1.88. The van der Waals surface area contributed by atoms with Gasteiger partial charge in [0, 0.05) is 13.1 Å². The minimum absolute atomic E-state index is 0.142. The number of nitrogens with zero attached hydrogens (tertiary/aromatic N) is 3. The zero-order valence-electron chi connectivity index (χ0n) is 11.0. The molecule has 2 N–H and O–H groups in total. The third kappa shape index (κ3) is 2.61. The van der Waals surface area contributed by atoms with Crippen molar-refractivity contribution in [3.8, 4) is 5.75 Å². The molecule has 3 rings (SSSR count). The topological polar surface area (TPSA) is 66.0 Å². The molecule has 100 valence electrons. The lowest BCUT2D eigenvalue weighted by molar-refractivity contribution is 0.300. The summed E-state index contributed by atoms with van der Waals surface area (Å²) >= 11 is 0. The van der Waals surface area contributed by atoms with Gasteiger partial charge in [-0.1, -0.05) is 11.3 Å². The van der Waals surface area contributed by atoms with Crippen LogP contribution in [0.3, 0.4) is 0 Å². The van der Waals surface area contributed by atoms with Crippen molar-refractivity contribution in [2.45, 2.75) is 31.9 Å². The van der Waals surface area contributed by atoms with Crippen LogP contribution in [-0.2, 0) is 20.1 Å². The van der Waals surface area contributed by atoms with E-state index in [9.17, 15) is 0 Å². The second-order valence-electron chi connectivity index (χ2n) is 5.03. The summed E-state index contributed by atoms with van der Waals surface area (Å²) in [6, 6.07) is 6.34. The summed E-state index contributed by atoms with van der Waals surface area (Å²) < 4.78 is 7.42. The second-order valence-corrected chi connectivity index (χ2v) is 5.03. The molecule has 5 nitrogen and oxygen atoms in total. The van der Waals surface area contributed by atoms with E-state index in [0.29, 0.717) is 6.61 Å². The molecule has 1 unspecified atom stereocenters. The Morgan fingerprint density at radius 2 is 2.37 bits per heavy atom. The fraction of sp³-hybridized carbons (Fsp3) is 0.429. The summed E-state index contributed by atoms with van der Waals surface area (Å²) in [7, 11) is 1.84. The maximum atomic E-state index is 6.14. The highest BCUT2D eigenvalue weighted by atomic mass is 16.5. The van der Waals surface area contributed by atoms with Crippen LogP contribution in [0.25, 0.3) is 0 Å². The van der Waals surface area contributed by atoms with Crippen molar-refractivity contribution in [2.24, 2.45) is 12.8 Å². The normalized spacial score (nSPS) is 18.1. The van der Waals surface area contributed by atoms with Crippen molar-refractivity contribution in [3.05, 3.63) is 41.2 Å². The maximum absolute atomic E-state index is 6.14. The minimum atomic E-state index is 0.142. The predicted octanol–water partition coefficient (Wildman–Crippen LogP) is 1.73. The van der Waals surface area contributed by atoms with E-state index in [1.165, 1.54) is 17.5 Å². The van der Waals surface area contributed by atoms with E-state index in [1.54, 1.807) is 4.68 Å². The molecule has 0 aliphatic heterocycles. The Balaban J connectivity index is 1.73. The van der Waals surface area contributed by atoms with E-state index in [4.69, 9.17) is 10.5 Å². The van der Waals surface area contributed by atoms with E-state index in [1.807, 2.05) is 19.3 Å². The zero-order valence-corrected chi connectivity index (χ0v) is 11.0. The van der Waals surface area contributed by atoms with Crippen LogP contribution in [0.5, 0.6) is 5.75 Å². The van der Waals surface area contributed by atoms with Crippen LogP contribution in [0, 0.1) is 0 Å². The SMILES string of the molecule is Cn1cc(COc2ccc3c(c2)C(N)CCC3)nn1. The Kier molecular flexibility index (Phi) is 3.21. The molecule has 0 amide bonds. The lowest BCUT2D eigenvalue weighted by atomic mass is 9.88. The van der Waals surface area contributed by atoms with Crippen LogP contribution >= 0.6 is 0 Å². The minimum Gasteiger partial charge on any atom is -0.487 e. The number of aryl methyl sites for hydroxylation is 2. The molecule has 1 aromatic carbocycles. The first-order chi connectivity index (χ1) is 9.22. The Morgan fingerprint density at radius 3 is 3.16 bits per heavy atom. The Labute approximate surface area is 112 Å². The monoisotopic (exact) mass is 258 g/mol. The van der Waals surface area contributed by atoms with Gasteiger partial charge in [0.25, 0.3) is 0 Å². The zero-order chi connectivity index (χ0) is 13.2. The standard InChI is InChI=1S/C14H18N4O/c1-18-8-11(16-17-18)9-19-12-6-5-10-3-2-4-14(15)13(10)7-12/h5-8,14H,2-4,9,15H2,1H3. The third-order valence-electron chi connectivity index (χ3n) is 3.51. The van der Waals surface area contributed by atoms with Gasteiger partial charge in [0.05, 0.1) is 6.20 Å². The predicted molar refractivity (Wildman–Crippen MR) is 71.6 cm³/mol. The molecule has 5 heteroatoms. The Morgan fingerprint density at radius 1 is 1.47 bits per heavy atom. The summed E-state index contributed by atoms with van der Waals surface area (Å²) in [5, 5.41) is 7.87. The van der Waals surface area contributed by atoms with Gasteiger partial charge < -0.3 is 10.5 Å². The van der Waals surface area contributed by atoms with Crippen molar-refractivity contribution >= 4 is 0 Å². The number of hydrogen-bond acceptors (Lipinski definition) is 4. The number of rotatable bonds is 3. The molecule has 1 aliphatic rings. The van der Waals surface area contributed by atoms with Gasteiger partial charge in [-0.3, -0.25) is 4.68 Å². The first-order valence-electron chi connectivity index (χ1n) is 6.59. The van der Waals surface area contributed by atoms with Crippen molar-refractivity contribution < 1.29 is 4.74 Å². The molecule has 0 radical (unpaired) electrons. The van der Waals surface area contributed by atoms with Gasteiger partial charge >= 0.3 is 0 Å². The smallest absolute Gasteiger partial charge is 0.134 e. The molecule has 0 saturated carbocycles. The van der Waals surface area contributed by atoms with Crippen LogP contribution in [0.15, 0.2) is 24.4 Å². The van der Waals surface area contributed by atoms with Gasteiger partial charge in [-0.2, -0.15) is 0 Å². The van der Waals surface area contributed by atoms with Crippen LogP contribution in [0.2, 0.25) is 0 Å². The van der Waals surface area contributed by atoms with Gasteiger partial charge in [-0.05, 0) is 42.5 Å². The summed E-state index contributed by atoms with van der Waals surface area (Å²) in [5.41, 5.74) is 9.55. The number of ether oxygens (including phenoxy) is 1. The van der Waals surface area contributed by atoms with Crippen molar-refractivity contribution in [3.63, 3.8) is 0 Å². The maximum Gasteiger partial charge on any atom is 0.134 e. The lowest BCUT2D eigenvalue weighted by Crippen LogP contribution is -2.17. The molecule has 19 heavy (non-hydrogen) atoms. The summed E-state index contributed by atoms with van der Waals surface area (Å²) in [4.78, 5) is 0. The van der Waals surface area contributed by atoms with Crippen LogP contribution < -0.4 is 10.5 Å². The first-order valence-corrected chi connectivity index (χ1v) is 6.59. The van der Waals surface area contributed by atoms with E-state index in [2.05, 4.69) is 22.4 Å². The highest BCUT2D eigenvalue weighted by Gasteiger charge is 2.17. The number of nitrogens with two attached hydrogens (primary N) is 1. The number of fused-ring (bicyclic) bond motifs is 1. The number of benzene rings is 1. The van der Waals surface area contributed by atoms with E-state index >= 15 is 0 Å². The van der Waals surface area contributed by atoms with Crippen LogP contribution in [0.4, 0.5) is 0 Å². The average Bonchev–Trinajstić information content (AvgIpc) is 2.83. The molecule has 1 atom stereocenters. The van der Waals surface area contributed by atoms with Gasteiger partial charge in [-0.25, -0.2) is 0 Å². The second kappa shape index (κ2) is 5.01. The highest BCUT2D eigenvalue weighted by molar-refractivity contribution is 5.39. The molecular weight excluding hydrogens is 240 g/mol. The van der Waals surface area contributed by atoms with Crippen molar-refractivity contribution in [1.29, 1.82) is 0 Å². The molecule has 0 bridgehead atoms. The molecule has 0 spiro atoms. The number of aromatic nitrogens is 3. The summed E-state index contributed by atoms with van der Waals surface area (Å²) in [5.74, 6) is 0.849. The molecule has 1 aromatic heterocycles. The molecular formula is C14H18N4O. The van der Waals surface area contributed by atoms with Gasteiger partial charge in [0.2, 0.25) is 0 Å². The molecule has 2 aromatic rings. The van der Waals surface area contributed by atoms with Gasteiger partial charge in [0.15, 0.2) is 0 Å².